The second-order valence-corrected chi connectivity index (χ2v) is 5.68. The number of hydrogen-bond donors (Lipinski definition) is 3. The summed E-state index contributed by atoms with van der Waals surface area (Å²) in [6.45, 7) is 4.74. The van der Waals surface area contributed by atoms with Crippen molar-refractivity contribution in [2.45, 2.75) is 33.1 Å². The smallest absolute Gasteiger partial charge is 0.251 e. The summed E-state index contributed by atoms with van der Waals surface area (Å²) in [5.74, 6) is -0.110. The summed E-state index contributed by atoms with van der Waals surface area (Å²) in [5.41, 5.74) is 7.57. The van der Waals surface area contributed by atoms with Crippen LogP contribution in [-0.4, -0.2) is 24.9 Å². The third-order valence-electron chi connectivity index (χ3n) is 4.26. The summed E-state index contributed by atoms with van der Waals surface area (Å²) in [4.78, 5) is 24.1. The number of nitrogens with two attached hydrogens (primary N) is 1. The van der Waals surface area contributed by atoms with Gasteiger partial charge in [0.2, 0.25) is 5.91 Å². The zero-order valence-electron chi connectivity index (χ0n) is 12.7. The second-order valence-electron chi connectivity index (χ2n) is 5.68. The zero-order chi connectivity index (χ0) is 15.5. The number of carbonyl (C=O) groups excluding carboxylic acids is 2. The van der Waals surface area contributed by atoms with Crippen molar-refractivity contribution in [3.05, 3.63) is 29.3 Å². The van der Waals surface area contributed by atoms with E-state index in [0.29, 0.717) is 18.7 Å². The predicted molar refractivity (Wildman–Crippen MR) is 83.2 cm³/mol. The van der Waals surface area contributed by atoms with Crippen LogP contribution in [0, 0.1) is 12.3 Å². The molecule has 0 saturated heterocycles. The molecule has 114 valence electrons. The molecule has 0 bridgehead atoms. The maximum atomic E-state index is 12.4. The minimum atomic E-state index is -0.398. The lowest BCUT2D eigenvalue weighted by molar-refractivity contribution is -0.129. The maximum Gasteiger partial charge on any atom is 0.251 e. The van der Waals surface area contributed by atoms with E-state index in [1.54, 1.807) is 18.2 Å². The highest BCUT2D eigenvalue weighted by molar-refractivity contribution is 5.98. The summed E-state index contributed by atoms with van der Waals surface area (Å²) in [6.07, 6.45) is 2.76. The van der Waals surface area contributed by atoms with Gasteiger partial charge in [0.25, 0.3) is 5.91 Å². The summed E-state index contributed by atoms with van der Waals surface area (Å²) in [5, 5.41) is 5.71. The second kappa shape index (κ2) is 6.26. The molecule has 21 heavy (non-hydrogen) atoms. The van der Waals surface area contributed by atoms with E-state index in [2.05, 4.69) is 10.6 Å². The molecule has 1 saturated carbocycles. The molecular weight excluding hydrogens is 266 g/mol. The van der Waals surface area contributed by atoms with Crippen molar-refractivity contribution in [1.82, 2.24) is 5.32 Å². The number of nitrogens with one attached hydrogen (secondary N) is 2. The zero-order valence-corrected chi connectivity index (χ0v) is 12.7. The standard InChI is InChI=1S/C16H23N3O2/c1-3-18-14(20)12-5-6-13(11(2)9-12)19-15(21)16(10-17)7-4-8-16/h5-6,9H,3-4,7-8,10,17H2,1-2H3,(H,18,20)(H,19,21). The molecule has 0 unspecified atom stereocenters. The lowest BCUT2D eigenvalue weighted by Gasteiger charge is -2.39. The van der Waals surface area contributed by atoms with Gasteiger partial charge >= 0.3 is 0 Å². The Hall–Kier alpha value is -1.88. The van der Waals surface area contributed by atoms with E-state index in [9.17, 15) is 9.59 Å². The molecule has 2 rings (SSSR count). The van der Waals surface area contributed by atoms with Crippen molar-refractivity contribution >= 4 is 17.5 Å². The third kappa shape index (κ3) is 3.08. The molecule has 1 aromatic rings. The molecule has 0 atom stereocenters. The van der Waals surface area contributed by atoms with Gasteiger partial charge in [0.1, 0.15) is 0 Å². The van der Waals surface area contributed by atoms with Crippen LogP contribution in [0.5, 0.6) is 0 Å². The summed E-state index contributed by atoms with van der Waals surface area (Å²) in [6, 6.07) is 5.29. The van der Waals surface area contributed by atoms with Gasteiger partial charge in [-0.3, -0.25) is 9.59 Å². The number of benzene rings is 1. The molecule has 5 nitrogen and oxygen atoms in total. The van der Waals surface area contributed by atoms with Crippen LogP contribution in [0.4, 0.5) is 5.69 Å². The highest BCUT2D eigenvalue weighted by Gasteiger charge is 2.42. The van der Waals surface area contributed by atoms with Crippen molar-refractivity contribution in [2.75, 3.05) is 18.4 Å². The van der Waals surface area contributed by atoms with Gasteiger partial charge < -0.3 is 16.4 Å². The van der Waals surface area contributed by atoms with Gasteiger partial charge in [-0.15, -0.1) is 0 Å². The summed E-state index contributed by atoms with van der Waals surface area (Å²) < 4.78 is 0. The van der Waals surface area contributed by atoms with E-state index >= 15 is 0 Å². The highest BCUT2D eigenvalue weighted by Crippen LogP contribution is 2.41. The Morgan fingerprint density at radius 2 is 2.05 bits per heavy atom. The van der Waals surface area contributed by atoms with Gasteiger partial charge in [0.15, 0.2) is 0 Å². The molecule has 1 aromatic carbocycles. The van der Waals surface area contributed by atoms with Gasteiger partial charge in [-0.1, -0.05) is 6.42 Å². The predicted octanol–water partition coefficient (Wildman–Crippen LogP) is 1.81. The van der Waals surface area contributed by atoms with E-state index in [-0.39, 0.29) is 11.8 Å². The Kier molecular flexibility index (Phi) is 4.63. The minimum Gasteiger partial charge on any atom is -0.352 e. The normalized spacial score (nSPS) is 16.0. The van der Waals surface area contributed by atoms with Crippen LogP contribution in [0.1, 0.15) is 42.1 Å². The van der Waals surface area contributed by atoms with Gasteiger partial charge in [-0.25, -0.2) is 0 Å². The van der Waals surface area contributed by atoms with Crippen molar-refractivity contribution in [3.63, 3.8) is 0 Å². The van der Waals surface area contributed by atoms with Crippen molar-refractivity contribution in [3.8, 4) is 0 Å². The van der Waals surface area contributed by atoms with Crippen LogP contribution in [0.3, 0.4) is 0 Å². The quantitative estimate of drug-likeness (QED) is 0.773. The first-order valence-corrected chi connectivity index (χ1v) is 7.43. The van der Waals surface area contributed by atoms with Crippen molar-refractivity contribution in [2.24, 2.45) is 11.1 Å². The Balaban J connectivity index is 2.11. The molecule has 1 aliphatic carbocycles. The molecule has 1 fully saturated rings. The van der Waals surface area contributed by atoms with Gasteiger partial charge in [-0.2, -0.15) is 0 Å². The Morgan fingerprint density at radius 1 is 1.33 bits per heavy atom. The lowest BCUT2D eigenvalue weighted by atomic mass is 9.68. The first-order valence-electron chi connectivity index (χ1n) is 7.43. The number of amides is 2. The fourth-order valence-corrected chi connectivity index (χ4v) is 2.59. The fraction of sp³-hybridized carbons (Fsp3) is 0.500. The molecule has 2 amide bonds. The monoisotopic (exact) mass is 289 g/mol. The first kappa shape index (κ1) is 15.5. The number of anilines is 1. The molecule has 0 heterocycles. The van der Waals surface area contributed by atoms with E-state index < -0.39 is 5.41 Å². The fourth-order valence-electron chi connectivity index (χ4n) is 2.59. The summed E-state index contributed by atoms with van der Waals surface area (Å²) >= 11 is 0. The molecule has 1 aliphatic rings. The molecule has 5 heteroatoms. The van der Waals surface area contributed by atoms with Crippen LogP contribution in [-0.2, 0) is 4.79 Å². The Morgan fingerprint density at radius 3 is 2.52 bits per heavy atom. The maximum absolute atomic E-state index is 12.4. The number of rotatable bonds is 5. The van der Waals surface area contributed by atoms with Crippen LogP contribution >= 0.6 is 0 Å². The first-order chi connectivity index (χ1) is 10.0. The third-order valence-corrected chi connectivity index (χ3v) is 4.26. The van der Waals surface area contributed by atoms with Crippen LogP contribution in [0.15, 0.2) is 18.2 Å². The SMILES string of the molecule is CCNC(=O)c1ccc(NC(=O)C2(CN)CCC2)c(C)c1. The summed E-state index contributed by atoms with van der Waals surface area (Å²) in [7, 11) is 0. The molecular formula is C16H23N3O2. The van der Waals surface area contributed by atoms with Crippen LogP contribution < -0.4 is 16.4 Å². The number of aryl methyl sites for hydroxylation is 1. The number of carbonyl (C=O) groups is 2. The topological polar surface area (TPSA) is 84.2 Å². The molecule has 0 radical (unpaired) electrons. The van der Waals surface area contributed by atoms with E-state index in [1.807, 2.05) is 13.8 Å². The average Bonchev–Trinajstić information content (AvgIpc) is 2.40. The van der Waals surface area contributed by atoms with Gasteiger partial charge in [-0.05, 0) is 50.5 Å². The molecule has 4 N–H and O–H groups in total. The molecule has 0 spiro atoms. The number of hydrogen-bond acceptors (Lipinski definition) is 3. The lowest BCUT2D eigenvalue weighted by Crippen LogP contribution is -2.47. The highest BCUT2D eigenvalue weighted by atomic mass is 16.2. The largest absolute Gasteiger partial charge is 0.352 e. The van der Waals surface area contributed by atoms with Crippen molar-refractivity contribution in [1.29, 1.82) is 0 Å². The van der Waals surface area contributed by atoms with Gasteiger partial charge in [0, 0.05) is 24.3 Å². The van der Waals surface area contributed by atoms with E-state index in [0.717, 1.165) is 30.5 Å². The van der Waals surface area contributed by atoms with Gasteiger partial charge in [0.05, 0.1) is 5.41 Å². The average molecular weight is 289 g/mol. The minimum absolute atomic E-state index is 0.00916. The molecule has 0 aliphatic heterocycles. The Labute approximate surface area is 125 Å². The van der Waals surface area contributed by atoms with E-state index in [1.165, 1.54) is 0 Å². The Bertz CT molecular complexity index is 545. The molecule has 0 aromatic heterocycles. The van der Waals surface area contributed by atoms with Crippen LogP contribution in [0.25, 0.3) is 0 Å². The van der Waals surface area contributed by atoms with E-state index in [4.69, 9.17) is 5.73 Å². The van der Waals surface area contributed by atoms with Crippen LogP contribution in [0.2, 0.25) is 0 Å². The van der Waals surface area contributed by atoms with Crippen molar-refractivity contribution < 1.29 is 9.59 Å².